The molecule has 7 heteroatoms. The van der Waals surface area contributed by atoms with E-state index in [0.29, 0.717) is 30.8 Å². The molecule has 1 fully saturated rings. The summed E-state index contributed by atoms with van der Waals surface area (Å²) in [6.45, 7) is 10.2. The number of amides is 2. The first-order valence-corrected chi connectivity index (χ1v) is 8.62. The van der Waals surface area contributed by atoms with Crippen molar-refractivity contribution in [1.82, 2.24) is 9.80 Å². The van der Waals surface area contributed by atoms with Gasteiger partial charge in [-0.1, -0.05) is 0 Å². The van der Waals surface area contributed by atoms with Crippen LogP contribution in [0.4, 0.5) is 4.79 Å². The molecule has 1 aromatic rings. The molecule has 0 radical (unpaired) electrons. The van der Waals surface area contributed by atoms with Gasteiger partial charge in [0.05, 0.1) is 5.56 Å². The second kappa shape index (κ2) is 7.35. The highest BCUT2D eigenvalue weighted by Gasteiger charge is 2.33. The summed E-state index contributed by atoms with van der Waals surface area (Å²) >= 11 is 0. The van der Waals surface area contributed by atoms with Crippen LogP contribution in [0.2, 0.25) is 0 Å². The van der Waals surface area contributed by atoms with Gasteiger partial charge < -0.3 is 19.6 Å². The van der Waals surface area contributed by atoms with Gasteiger partial charge in [0.2, 0.25) is 0 Å². The number of hydrogen-bond donors (Lipinski definition) is 1. The molecule has 1 heterocycles. The molecule has 0 spiro atoms. The lowest BCUT2D eigenvalue weighted by Crippen LogP contribution is -2.56. The molecule has 26 heavy (non-hydrogen) atoms. The number of carboxylic acids is 1. The highest BCUT2D eigenvalue weighted by atomic mass is 16.6. The molecule has 7 nitrogen and oxygen atoms in total. The summed E-state index contributed by atoms with van der Waals surface area (Å²) in [4.78, 5) is 39.5. The number of rotatable bonds is 2. The molecule has 0 bridgehead atoms. The third kappa shape index (κ3) is 4.74. The van der Waals surface area contributed by atoms with E-state index in [9.17, 15) is 19.5 Å². The summed E-state index contributed by atoms with van der Waals surface area (Å²) in [5, 5.41) is 9.17. The van der Waals surface area contributed by atoms with Crippen molar-refractivity contribution >= 4 is 18.0 Å². The number of aromatic carboxylic acids is 1. The Morgan fingerprint density at radius 3 is 2.27 bits per heavy atom. The second-order valence-corrected chi connectivity index (χ2v) is 7.67. The number of carbonyl (C=O) groups excluding carboxylic acids is 2. The van der Waals surface area contributed by atoms with E-state index in [-0.39, 0.29) is 23.6 Å². The van der Waals surface area contributed by atoms with Gasteiger partial charge in [0, 0.05) is 31.2 Å². The molecule has 0 unspecified atom stereocenters. The van der Waals surface area contributed by atoms with Crippen LogP contribution in [0.5, 0.6) is 0 Å². The molecule has 2 amide bonds. The Kier molecular flexibility index (Phi) is 5.59. The summed E-state index contributed by atoms with van der Waals surface area (Å²) in [5.74, 6) is -1.29. The number of carbonyl (C=O) groups is 3. The first-order valence-electron chi connectivity index (χ1n) is 8.62. The van der Waals surface area contributed by atoms with Crippen LogP contribution >= 0.6 is 0 Å². The molecular formula is C19H26N2O5. The molecule has 0 aromatic heterocycles. The minimum absolute atomic E-state index is 0.0915. The van der Waals surface area contributed by atoms with Crippen LogP contribution in [-0.4, -0.2) is 64.2 Å². The van der Waals surface area contributed by atoms with Crippen molar-refractivity contribution < 1.29 is 24.2 Å². The van der Waals surface area contributed by atoms with Gasteiger partial charge in [-0.25, -0.2) is 9.59 Å². The fourth-order valence-electron chi connectivity index (χ4n) is 2.95. The zero-order valence-electron chi connectivity index (χ0n) is 15.9. The normalized spacial score (nSPS) is 17.8. The van der Waals surface area contributed by atoms with Crippen molar-refractivity contribution in [3.8, 4) is 0 Å². The maximum Gasteiger partial charge on any atom is 0.410 e. The van der Waals surface area contributed by atoms with Crippen molar-refractivity contribution in [3.05, 3.63) is 34.9 Å². The highest BCUT2D eigenvalue weighted by molar-refractivity contribution is 5.98. The smallest absolute Gasteiger partial charge is 0.410 e. The van der Waals surface area contributed by atoms with Gasteiger partial charge in [-0.3, -0.25) is 4.79 Å². The van der Waals surface area contributed by atoms with Crippen molar-refractivity contribution in [2.45, 2.75) is 46.3 Å². The number of ether oxygens (including phenoxy) is 1. The first kappa shape index (κ1) is 19.8. The predicted octanol–water partition coefficient (Wildman–Crippen LogP) is 2.77. The molecule has 2 rings (SSSR count). The van der Waals surface area contributed by atoms with E-state index in [0.717, 1.165) is 0 Å². The number of hydrogen-bond acceptors (Lipinski definition) is 4. The van der Waals surface area contributed by atoms with E-state index in [2.05, 4.69) is 0 Å². The van der Waals surface area contributed by atoms with Crippen LogP contribution in [0.1, 0.15) is 54.0 Å². The molecule has 1 N–H and O–H groups in total. The Morgan fingerprint density at radius 1 is 1.12 bits per heavy atom. The standard InChI is InChI=1S/C19H26N2O5/c1-12-8-14(10-15(9-12)17(23)24)16(22)20-6-7-21(13(2)11-20)18(25)26-19(3,4)5/h8-10,13H,6-7,11H2,1-5H3,(H,23,24)/t13-/m0/s1. The van der Waals surface area contributed by atoms with Crippen LogP contribution < -0.4 is 0 Å². The molecule has 0 saturated carbocycles. The summed E-state index contributed by atoms with van der Waals surface area (Å²) in [7, 11) is 0. The topological polar surface area (TPSA) is 87.2 Å². The number of aryl methyl sites for hydroxylation is 1. The van der Waals surface area contributed by atoms with E-state index in [4.69, 9.17) is 4.74 Å². The third-order valence-electron chi connectivity index (χ3n) is 4.11. The van der Waals surface area contributed by atoms with Crippen molar-refractivity contribution in [3.63, 3.8) is 0 Å². The van der Waals surface area contributed by atoms with E-state index < -0.39 is 11.6 Å². The van der Waals surface area contributed by atoms with Gasteiger partial charge in [0.15, 0.2) is 0 Å². The van der Waals surface area contributed by atoms with Crippen molar-refractivity contribution in [2.24, 2.45) is 0 Å². The van der Waals surface area contributed by atoms with Gasteiger partial charge in [0.1, 0.15) is 5.60 Å². The predicted molar refractivity (Wildman–Crippen MR) is 96.4 cm³/mol. The Balaban J connectivity index is 2.10. The quantitative estimate of drug-likeness (QED) is 0.874. The lowest BCUT2D eigenvalue weighted by Gasteiger charge is -2.40. The summed E-state index contributed by atoms with van der Waals surface area (Å²) in [5.41, 5.74) is 0.584. The number of carboxylic acid groups (broad SMARTS) is 1. The summed E-state index contributed by atoms with van der Waals surface area (Å²) in [6, 6.07) is 4.41. The average Bonchev–Trinajstić information content (AvgIpc) is 2.51. The van der Waals surface area contributed by atoms with Crippen molar-refractivity contribution in [2.75, 3.05) is 19.6 Å². The SMILES string of the molecule is Cc1cc(C(=O)O)cc(C(=O)N2CCN(C(=O)OC(C)(C)C)[C@@H](C)C2)c1. The van der Waals surface area contributed by atoms with Crippen LogP contribution in [-0.2, 0) is 4.74 Å². The second-order valence-electron chi connectivity index (χ2n) is 7.67. The van der Waals surface area contributed by atoms with Gasteiger partial charge >= 0.3 is 12.1 Å². The van der Waals surface area contributed by atoms with Gasteiger partial charge in [-0.15, -0.1) is 0 Å². The van der Waals surface area contributed by atoms with Gasteiger partial charge in [-0.2, -0.15) is 0 Å². The third-order valence-corrected chi connectivity index (χ3v) is 4.11. The van der Waals surface area contributed by atoms with E-state index >= 15 is 0 Å². The van der Waals surface area contributed by atoms with Gasteiger partial charge in [0.25, 0.3) is 5.91 Å². The van der Waals surface area contributed by atoms with Crippen LogP contribution in [0.3, 0.4) is 0 Å². The minimum Gasteiger partial charge on any atom is -0.478 e. The lowest BCUT2D eigenvalue weighted by molar-refractivity contribution is 0.00197. The maximum absolute atomic E-state index is 12.8. The molecule has 1 atom stereocenters. The molecule has 0 aliphatic carbocycles. The zero-order chi connectivity index (χ0) is 19.6. The molecule has 1 aliphatic rings. The van der Waals surface area contributed by atoms with Crippen LogP contribution in [0, 0.1) is 6.92 Å². The average molecular weight is 362 g/mol. The first-order chi connectivity index (χ1) is 12.0. The highest BCUT2D eigenvalue weighted by Crippen LogP contribution is 2.18. The lowest BCUT2D eigenvalue weighted by atomic mass is 10.0. The van der Waals surface area contributed by atoms with Gasteiger partial charge in [-0.05, 0) is 58.4 Å². The molecule has 1 saturated heterocycles. The van der Waals surface area contributed by atoms with E-state index in [1.807, 2.05) is 27.7 Å². The molecule has 1 aromatic carbocycles. The van der Waals surface area contributed by atoms with E-state index in [1.54, 1.807) is 22.8 Å². The molecule has 142 valence electrons. The Morgan fingerprint density at radius 2 is 1.73 bits per heavy atom. The Labute approximate surface area is 153 Å². The monoisotopic (exact) mass is 362 g/mol. The summed E-state index contributed by atoms with van der Waals surface area (Å²) in [6.07, 6.45) is -0.388. The van der Waals surface area contributed by atoms with E-state index in [1.165, 1.54) is 12.1 Å². The molecule has 1 aliphatic heterocycles. The van der Waals surface area contributed by atoms with Crippen molar-refractivity contribution in [1.29, 1.82) is 0 Å². The maximum atomic E-state index is 12.8. The molecular weight excluding hydrogens is 336 g/mol. The summed E-state index contributed by atoms with van der Waals surface area (Å²) < 4.78 is 5.40. The largest absolute Gasteiger partial charge is 0.478 e. The number of nitrogens with zero attached hydrogens (tertiary/aromatic N) is 2. The zero-order valence-corrected chi connectivity index (χ0v) is 15.9. The Bertz CT molecular complexity index is 723. The fraction of sp³-hybridized carbons (Fsp3) is 0.526. The fourth-order valence-corrected chi connectivity index (χ4v) is 2.95. The minimum atomic E-state index is -1.06. The number of benzene rings is 1. The number of piperazine rings is 1. The Hall–Kier alpha value is -2.57. The van der Waals surface area contributed by atoms with Crippen LogP contribution in [0.25, 0.3) is 0 Å². The van der Waals surface area contributed by atoms with Crippen LogP contribution in [0.15, 0.2) is 18.2 Å².